The van der Waals surface area contributed by atoms with Gasteiger partial charge in [0.25, 0.3) is 0 Å². The van der Waals surface area contributed by atoms with Crippen molar-refractivity contribution >= 4 is 49.4 Å². The van der Waals surface area contributed by atoms with Crippen LogP contribution in [-0.2, 0) is 11.2 Å². The van der Waals surface area contributed by atoms with Crippen LogP contribution in [0.1, 0.15) is 5.56 Å². The number of alkyl halides is 1. The van der Waals surface area contributed by atoms with Crippen molar-refractivity contribution in [1.82, 2.24) is 0 Å². The molecule has 0 fully saturated rings. The molecule has 0 saturated carbocycles. The molecular formula is C9H8Br2ClNO. The third kappa shape index (κ3) is 3.26. The summed E-state index contributed by atoms with van der Waals surface area (Å²) in [4.78, 5) is 10.4. The van der Waals surface area contributed by atoms with E-state index in [4.69, 9.17) is 17.3 Å². The molecular weight excluding hydrogens is 333 g/mol. The molecule has 1 atom stereocenters. The van der Waals surface area contributed by atoms with Crippen molar-refractivity contribution in [1.29, 1.82) is 0 Å². The van der Waals surface area contributed by atoms with Crippen molar-refractivity contribution in [2.75, 3.05) is 0 Å². The molecule has 2 nitrogen and oxygen atoms in total. The highest BCUT2D eigenvalue weighted by Crippen LogP contribution is 2.23. The lowest BCUT2D eigenvalue weighted by Crippen LogP contribution is -2.25. The quantitative estimate of drug-likeness (QED) is 0.844. The van der Waals surface area contributed by atoms with Gasteiger partial charge in [-0.05, 0) is 30.2 Å². The topological polar surface area (TPSA) is 43.1 Å². The summed E-state index contributed by atoms with van der Waals surface area (Å²) in [6.45, 7) is 0. The number of benzene rings is 1. The van der Waals surface area contributed by atoms with Gasteiger partial charge in [-0.3, -0.25) is 4.79 Å². The van der Waals surface area contributed by atoms with E-state index in [9.17, 15) is 4.79 Å². The smallest absolute Gasteiger partial charge is 0.231 e. The average Bonchev–Trinajstić information content (AvgIpc) is 2.11. The third-order valence-corrected chi connectivity index (χ3v) is 3.35. The number of hydrogen-bond donors (Lipinski definition) is 1. The predicted octanol–water partition coefficient (Wildman–Crippen LogP) is 2.89. The van der Waals surface area contributed by atoms with E-state index in [0.717, 1.165) is 10.0 Å². The molecule has 2 N–H and O–H groups in total. The summed E-state index contributed by atoms with van der Waals surface area (Å²) < 4.78 is 0.932. The Morgan fingerprint density at radius 1 is 1.57 bits per heavy atom. The fourth-order valence-corrected chi connectivity index (χ4v) is 1.95. The van der Waals surface area contributed by atoms with E-state index in [1.54, 1.807) is 6.07 Å². The number of hydrogen-bond acceptors (Lipinski definition) is 1. The Balaban J connectivity index is 2.85. The number of carbonyl (C=O) groups is 1. The van der Waals surface area contributed by atoms with Gasteiger partial charge in [-0.15, -0.1) is 0 Å². The van der Waals surface area contributed by atoms with E-state index >= 15 is 0 Å². The maximum atomic E-state index is 10.8. The van der Waals surface area contributed by atoms with E-state index in [0.29, 0.717) is 11.4 Å². The second kappa shape index (κ2) is 5.14. The zero-order valence-corrected chi connectivity index (χ0v) is 11.1. The van der Waals surface area contributed by atoms with Gasteiger partial charge in [-0.1, -0.05) is 43.5 Å². The second-order valence-corrected chi connectivity index (χ2v) is 5.24. The molecule has 1 rings (SSSR count). The summed E-state index contributed by atoms with van der Waals surface area (Å²) in [5, 5.41) is 0.638. The first-order valence-corrected chi connectivity index (χ1v) is 5.96. The molecule has 0 aromatic heterocycles. The molecule has 1 amide bonds. The fourth-order valence-electron chi connectivity index (χ4n) is 0.993. The van der Waals surface area contributed by atoms with Gasteiger partial charge in [0, 0.05) is 9.50 Å². The predicted molar refractivity (Wildman–Crippen MR) is 64.8 cm³/mol. The molecule has 0 aliphatic heterocycles. The van der Waals surface area contributed by atoms with Crippen LogP contribution in [0.15, 0.2) is 22.7 Å². The summed E-state index contributed by atoms with van der Waals surface area (Å²) >= 11 is 12.5. The number of nitrogens with two attached hydrogens (primary N) is 1. The van der Waals surface area contributed by atoms with Crippen molar-refractivity contribution in [3.05, 3.63) is 33.3 Å². The lowest BCUT2D eigenvalue weighted by atomic mass is 10.1. The molecule has 0 saturated heterocycles. The van der Waals surface area contributed by atoms with Gasteiger partial charge < -0.3 is 5.73 Å². The summed E-state index contributed by atoms with van der Waals surface area (Å²) in [6.07, 6.45) is 0.494. The van der Waals surface area contributed by atoms with Crippen LogP contribution >= 0.6 is 43.5 Å². The average molecular weight is 341 g/mol. The lowest BCUT2D eigenvalue weighted by molar-refractivity contribution is -0.117. The number of carbonyl (C=O) groups excluding carboxylic acids is 1. The summed E-state index contributed by atoms with van der Waals surface area (Å²) in [5.41, 5.74) is 6.02. The molecule has 14 heavy (non-hydrogen) atoms. The van der Waals surface area contributed by atoms with Crippen molar-refractivity contribution < 1.29 is 4.79 Å². The Labute approximate surface area is 104 Å². The SMILES string of the molecule is NC(=O)C(Br)Cc1cc(Br)ccc1Cl. The van der Waals surface area contributed by atoms with Crippen LogP contribution < -0.4 is 5.73 Å². The molecule has 1 aromatic carbocycles. The molecule has 5 heteroatoms. The zero-order chi connectivity index (χ0) is 10.7. The van der Waals surface area contributed by atoms with Gasteiger partial charge in [-0.25, -0.2) is 0 Å². The van der Waals surface area contributed by atoms with Gasteiger partial charge in [-0.2, -0.15) is 0 Å². The molecule has 1 aromatic rings. The lowest BCUT2D eigenvalue weighted by Gasteiger charge is -2.07. The Bertz CT molecular complexity index is 357. The van der Waals surface area contributed by atoms with Crippen LogP contribution in [0, 0.1) is 0 Å². The molecule has 0 heterocycles. The van der Waals surface area contributed by atoms with Crippen molar-refractivity contribution in [2.24, 2.45) is 5.73 Å². The Hall–Kier alpha value is -0.0600. The maximum absolute atomic E-state index is 10.8. The number of amides is 1. The molecule has 1 unspecified atom stereocenters. The van der Waals surface area contributed by atoms with Crippen molar-refractivity contribution in [3.63, 3.8) is 0 Å². The first kappa shape index (κ1) is 12.0. The van der Waals surface area contributed by atoms with E-state index < -0.39 is 0 Å². The van der Waals surface area contributed by atoms with Crippen LogP contribution in [0.5, 0.6) is 0 Å². The van der Waals surface area contributed by atoms with Crippen LogP contribution in [-0.4, -0.2) is 10.7 Å². The maximum Gasteiger partial charge on any atom is 0.231 e. The van der Waals surface area contributed by atoms with Gasteiger partial charge in [0.05, 0.1) is 4.83 Å². The summed E-state index contributed by atoms with van der Waals surface area (Å²) in [5.74, 6) is -0.388. The first-order chi connectivity index (χ1) is 6.50. The Morgan fingerprint density at radius 3 is 2.79 bits per heavy atom. The number of primary amides is 1. The first-order valence-electron chi connectivity index (χ1n) is 3.88. The van der Waals surface area contributed by atoms with Crippen molar-refractivity contribution in [3.8, 4) is 0 Å². The van der Waals surface area contributed by atoms with E-state index in [-0.39, 0.29) is 10.7 Å². The van der Waals surface area contributed by atoms with Gasteiger partial charge in [0.1, 0.15) is 0 Å². The normalized spacial score (nSPS) is 12.5. The molecule has 0 aliphatic rings. The third-order valence-electron chi connectivity index (χ3n) is 1.72. The van der Waals surface area contributed by atoms with Gasteiger partial charge in [0.2, 0.25) is 5.91 Å². The minimum atomic E-state index is -0.388. The molecule has 76 valence electrons. The van der Waals surface area contributed by atoms with Crippen LogP contribution in [0.2, 0.25) is 5.02 Å². The second-order valence-electron chi connectivity index (χ2n) is 2.81. The Morgan fingerprint density at radius 2 is 2.21 bits per heavy atom. The molecule has 0 spiro atoms. The molecule has 0 bridgehead atoms. The van der Waals surface area contributed by atoms with Crippen LogP contribution in [0.25, 0.3) is 0 Å². The summed E-state index contributed by atoms with van der Waals surface area (Å²) in [7, 11) is 0. The monoisotopic (exact) mass is 339 g/mol. The van der Waals surface area contributed by atoms with Gasteiger partial charge >= 0.3 is 0 Å². The zero-order valence-electron chi connectivity index (χ0n) is 7.14. The fraction of sp³-hybridized carbons (Fsp3) is 0.222. The van der Waals surface area contributed by atoms with Crippen LogP contribution in [0.4, 0.5) is 0 Å². The minimum absolute atomic E-state index is 0.380. The molecule has 0 aliphatic carbocycles. The van der Waals surface area contributed by atoms with Crippen molar-refractivity contribution in [2.45, 2.75) is 11.2 Å². The Kier molecular flexibility index (Phi) is 4.41. The highest BCUT2D eigenvalue weighted by Gasteiger charge is 2.13. The van der Waals surface area contributed by atoms with Crippen LogP contribution in [0.3, 0.4) is 0 Å². The number of rotatable bonds is 3. The number of halogens is 3. The standard InChI is InChI=1S/C9H8Br2ClNO/c10-6-1-2-8(12)5(3-6)4-7(11)9(13)14/h1-3,7H,4H2,(H2,13,14). The molecule has 0 radical (unpaired) electrons. The van der Waals surface area contributed by atoms with E-state index in [1.165, 1.54) is 0 Å². The van der Waals surface area contributed by atoms with Gasteiger partial charge in [0.15, 0.2) is 0 Å². The van der Waals surface area contributed by atoms with E-state index in [2.05, 4.69) is 31.9 Å². The highest BCUT2D eigenvalue weighted by molar-refractivity contribution is 9.10. The highest BCUT2D eigenvalue weighted by atomic mass is 79.9. The van der Waals surface area contributed by atoms with E-state index in [1.807, 2.05) is 12.1 Å². The minimum Gasteiger partial charge on any atom is -0.369 e. The summed E-state index contributed by atoms with van der Waals surface area (Å²) in [6, 6.07) is 5.50. The largest absolute Gasteiger partial charge is 0.369 e.